The molecule has 112 valence electrons. The molecule has 0 unspecified atom stereocenters. The molecule has 0 saturated carbocycles. The van der Waals surface area contributed by atoms with Gasteiger partial charge in [0.2, 0.25) is 5.91 Å². The quantitative estimate of drug-likeness (QED) is 0.807. The second-order valence-corrected chi connectivity index (χ2v) is 5.44. The van der Waals surface area contributed by atoms with Gasteiger partial charge in [0.1, 0.15) is 12.4 Å². The first-order valence-corrected chi connectivity index (χ1v) is 7.79. The highest BCUT2D eigenvalue weighted by atomic mass is 16.2. The van der Waals surface area contributed by atoms with Gasteiger partial charge in [-0.15, -0.1) is 0 Å². The normalized spacial score (nSPS) is 16.1. The number of hydrogen-bond donors (Lipinski definition) is 1. The van der Waals surface area contributed by atoms with Crippen LogP contribution >= 0.6 is 0 Å². The summed E-state index contributed by atoms with van der Waals surface area (Å²) in [5.74, 6) is 1.17. The third-order valence-electron chi connectivity index (χ3n) is 3.78. The zero-order valence-corrected chi connectivity index (χ0v) is 12.5. The zero-order chi connectivity index (χ0) is 14.2. The van der Waals surface area contributed by atoms with Crippen LogP contribution < -0.4 is 5.32 Å². The highest BCUT2D eigenvalue weighted by Crippen LogP contribution is 2.10. The molecule has 0 bridgehead atoms. The molecule has 1 N–H and O–H groups in total. The summed E-state index contributed by atoms with van der Waals surface area (Å²) in [6, 6.07) is 0. The van der Waals surface area contributed by atoms with Crippen LogP contribution in [0.15, 0.2) is 12.4 Å². The van der Waals surface area contributed by atoms with Crippen LogP contribution in [0.3, 0.4) is 0 Å². The van der Waals surface area contributed by atoms with Crippen LogP contribution in [0.1, 0.15) is 44.9 Å². The molecule has 1 amide bonds. The van der Waals surface area contributed by atoms with E-state index in [0.717, 1.165) is 51.3 Å². The van der Waals surface area contributed by atoms with Crippen LogP contribution in [-0.2, 0) is 17.9 Å². The third-order valence-corrected chi connectivity index (χ3v) is 3.78. The van der Waals surface area contributed by atoms with Gasteiger partial charge < -0.3 is 14.8 Å². The van der Waals surface area contributed by atoms with Crippen molar-refractivity contribution in [2.45, 2.75) is 52.1 Å². The average molecular weight is 278 g/mol. The van der Waals surface area contributed by atoms with Gasteiger partial charge in [-0.05, 0) is 25.8 Å². The van der Waals surface area contributed by atoms with Gasteiger partial charge in [0.15, 0.2) is 0 Å². The third kappa shape index (κ3) is 4.34. The molecular weight excluding hydrogens is 252 g/mol. The van der Waals surface area contributed by atoms with E-state index in [2.05, 4.69) is 17.2 Å². The predicted molar refractivity (Wildman–Crippen MR) is 79.3 cm³/mol. The van der Waals surface area contributed by atoms with E-state index in [1.165, 1.54) is 12.8 Å². The molecule has 0 spiro atoms. The molecule has 20 heavy (non-hydrogen) atoms. The summed E-state index contributed by atoms with van der Waals surface area (Å²) in [6.07, 6.45) is 9.56. The number of carbonyl (C=O) groups excluding carboxylic acids is 1. The summed E-state index contributed by atoms with van der Waals surface area (Å²) in [6.45, 7) is 6.10. The lowest BCUT2D eigenvalue weighted by Gasteiger charge is -2.21. The van der Waals surface area contributed by atoms with E-state index >= 15 is 0 Å². The Hall–Kier alpha value is -1.36. The van der Waals surface area contributed by atoms with E-state index in [9.17, 15) is 4.79 Å². The Labute approximate surface area is 121 Å². The number of likely N-dealkylation sites (tertiary alicyclic amines) is 1. The van der Waals surface area contributed by atoms with Crippen LogP contribution in [0.4, 0.5) is 0 Å². The second-order valence-electron chi connectivity index (χ2n) is 5.44. The molecule has 5 heteroatoms. The molecule has 0 atom stereocenters. The monoisotopic (exact) mass is 278 g/mol. The summed E-state index contributed by atoms with van der Waals surface area (Å²) in [4.78, 5) is 18.7. The van der Waals surface area contributed by atoms with Crippen LogP contribution in [0.5, 0.6) is 0 Å². The van der Waals surface area contributed by atoms with Crippen LogP contribution in [0, 0.1) is 0 Å². The smallest absolute Gasteiger partial charge is 0.242 e. The molecule has 0 aromatic carbocycles. The maximum Gasteiger partial charge on any atom is 0.242 e. The molecule has 1 saturated heterocycles. The fourth-order valence-electron chi connectivity index (χ4n) is 2.59. The Morgan fingerprint density at radius 2 is 2.05 bits per heavy atom. The Balaban J connectivity index is 1.88. The van der Waals surface area contributed by atoms with E-state index in [-0.39, 0.29) is 5.91 Å². The first-order valence-electron chi connectivity index (χ1n) is 7.79. The number of amides is 1. The molecule has 2 heterocycles. The van der Waals surface area contributed by atoms with Crippen molar-refractivity contribution in [2.24, 2.45) is 0 Å². The average Bonchev–Trinajstić information content (AvgIpc) is 2.72. The Morgan fingerprint density at radius 1 is 1.30 bits per heavy atom. The van der Waals surface area contributed by atoms with Gasteiger partial charge in [-0.3, -0.25) is 4.79 Å². The SMILES string of the molecule is CCCNCc1nccn1CC(=O)N1CCCCCC1. The summed E-state index contributed by atoms with van der Waals surface area (Å²) in [5, 5.41) is 3.33. The number of hydrogen-bond acceptors (Lipinski definition) is 3. The van der Waals surface area contributed by atoms with E-state index < -0.39 is 0 Å². The summed E-state index contributed by atoms with van der Waals surface area (Å²) in [7, 11) is 0. The number of rotatable bonds is 6. The minimum atomic E-state index is 0.224. The summed E-state index contributed by atoms with van der Waals surface area (Å²) >= 11 is 0. The van der Waals surface area contributed by atoms with Crippen LogP contribution in [-0.4, -0.2) is 40.0 Å². The molecule has 1 aliphatic rings. The fourth-order valence-corrected chi connectivity index (χ4v) is 2.59. The molecule has 0 aliphatic carbocycles. The van der Waals surface area contributed by atoms with Crippen molar-refractivity contribution in [3.63, 3.8) is 0 Å². The van der Waals surface area contributed by atoms with E-state index in [4.69, 9.17) is 0 Å². The van der Waals surface area contributed by atoms with Crippen molar-refractivity contribution in [3.8, 4) is 0 Å². The van der Waals surface area contributed by atoms with Crippen LogP contribution in [0.2, 0.25) is 0 Å². The van der Waals surface area contributed by atoms with Crippen molar-refractivity contribution >= 4 is 5.91 Å². The molecule has 1 fully saturated rings. The minimum absolute atomic E-state index is 0.224. The van der Waals surface area contributed by atoms with Gasteiger partial charge in [-0.1, -0.05) is 19.8 Å². The first-order chi connectivity index (χ1) is 9.81. The molecule has 1 aromatic heterocycles. The molecular formula is C15H26N4O. The van der Waals surface area contributed by atoms with Crippen molar-refractivity contribution in [3.05, 3.63) is 18.2 Å². The van der Waals surface area contributed by atoms with Crippen LogP contribution in [0.25, 0.3) is 0 Å². The lowest BCUT2D eigenvalue weighted by Crippen LogP contribution is -2.35. The first kappa shape index (κ1) is 15.0. The van der Waals surface area contributed by atoms with Gasteiger partial charge in [-0.2, -0.15) is 0 Å². The largest absolute Gasteiger partial charge is 0.341 e. The number of nitrogens with one attached hydrogen (secondary N) is 1. The second kappa shape index (κ2) is 8.04. The van der Waals surface area contributed by atoms with Gasteiger partial charge >= 0.3 is 0 Å². The number of imidazole rings is 1. The fraction of sp³-hybridized carbons (Fsp3) is 0.733. The Bertz CT molecular complexity index is 408. The predicted octanol–water partition coefficient (Wildman–Crippen LogP) is 1.79. The van der Waals surface area contributed by atoms with Gasteiger partial charge in [0.05, 0.1) is 6.54 Å². The lowest BCUT2D eigenvalue weighted by atomic mass is 10.2. The molecule has 1 aromatic rings. The van der Waals surface area contributed by atoms with Gasteiger partial charge in [0, 0.05) is 25.5 Å². The van der Waals surface area contributed by atoms with Crippen molar-refractivity contribution in [1.29, 1.82) is 0 Å². The highest BCUT2D eigenvalue weighted by Gasteiger charge is 2.16. The van der Waals surface area contributed by atoms with Gasteiger partial charge in [0.25, 0.3) is 0 Å². The number of nitrogens with zero attached hydrogens (tertiary/aromatic N) is 3. The van der Waals surface area contributed by atoms with Gasteiger partial charge in [-0.25, -0.2) is 4.98 Å². The topological polar surface area (TPSA) is 50.2 Å². The minimum Gasteiger partial charge on any atom is -0.341 e. The maximum atomic E-state index is 12.4. The zero-order valence-electron chi connectivity index (χ0n) is 12.5. The van der Waals surface area contributed by atoms with E-state index in [1.54, 1.807) is 6.20 Å². The number of aromatic nitrogens is 2. The van der Waals surface area contributed by atoms with E-state index in [0.29, 0.717) is 6.54 Å². The van der Waals surface area contributed by atoms with Crippen molar-refractivity contribution < 1.29 is 4.79 Å². The summed E-state index contributed by atoms with van der Waals surface area (Å²) in [5.41, 5.74) is 0. The molecule has 5 nitrogen and oxygen atoms in total. The maximum absolute atomic E-state index is 12.4. The van der Waals surface area contributed by atoms with Crippen molar-refractivity contribution in [2.75, 3.05) is 19.6 Å². The number of carbonyl (C=O) groups is 1. The molecule has 2 rings (SSSR count). The van der Waals surface area contributed by atoms with E-state index in [1.807, 2.05) is 15.7 Å². The highest BCUT2D eigenvalue weighted by molar-refractivity contribution is 5.76. The Kier molecular flexibility index (Phi) is 6.05. The molecule has 0 radical (unpaired) electrons. The Morgan fingerprint density at radius 3 is 2.75 bits per heavy atom. The van der Waals surface area contributed by atoms with Crippen molar-refractivity contribution in [1.82, 2.24) is 19.8 Å². The molecule has 1 aliphatic heterocycles. The lowest BCUT2D eigenvalue weighted by molar-refractivity contribution is -0.131. The standard InChI is InChI=1S/C15H26N4O/c1-2-7-16-12-14-17-8-11-19(14)13-15(20)18-9-5-3-4-6-10-18/h8,11,16H,2-7,9-10,12-13H2,1H3. The summed E-state index contributed by atoms with van der Waals surface area (Å²) < 4.78 is 1.97.